The summed E-state index contributed by atoms with van der Waals surface area (Å²) in [6.07, 6.45) is 1.08. The molecule has 0 amide bonds. The van der Waals surface area contributed by atoms with Crippen molar-refractivity contribution in [1.29, 1.82) is 0 Å². The molecule has 0 atom stereocenters. The van der Waals surface area contributed by atoms with Gasteiger partial charge in [0.2, 0.25) is 5.95 Å². The zero-order valence-corrected chi connectivity index (χ0v) is 7.74. The smallest absolute Gasteiger partial charge is 0.315 e. The van der Waals surface area contributed by atoms with E-state index in [1.165, 1.54) is 12.3 Å². The first-order chi connectivity index (χ1) is 7.04. The Morgan fingerprint density at radius 3 is 2.67 bits per heavy atom. The summed E-state index contributed by atoms with van der Waals surface area (Å²) in [4.78, 5) is 25.3. The van der Waals surface area contributed by atoms with Gasteiger partial charge in [-0.2, -0.15) is 4.39 Å². The van der Waals surface area contributed by atoms with Crippen LogP contribution >= 0.6 is 0 Å². The van der Waals surface area contributed by atoms with E-state index in [1.54, 1.807) is 0 Å². The van der Waals surface area contributed by atoms with Crippen LogP contribution in [-0.2, 0) is 15.0 Å². The van der Waals surface area contributed by atoms with Crippen molar-refractivity contribution >= 4 is 11.8 Å². The molecule has 0 saturated heterocycles. The second-order valence-electron chi connectivity index (χ2n) is 3.65. The molecule has 0 radical (unpaired) electrons. The first kappa shape index (κ1) is 9.76. The minimum absolute atomic E-state index is 0.0637. The highest BCUT2D eigenvalue weighted by molar-refractivity contribution is 6.01. The molecule has 0 unspecified atom stereocenters. The molecule has 1 aliphatic rings. The summed E-state index contributed by atoms with van der Waals surface area (Å²) in [5, 5.41) is 9.05. The van der Waals surface area contributed by atoms with Gasteiger partial charge in [-0.25, -0.2) is 4.98 Å². The van der Waals surface area contributed by atoms with Crippen LogP contribution in [0.4, 0.5) is 4.39 Å². The van der Waals surface area contributed by atoms with E-state index in [4.69, 9.17) is 5.11 Å². The van der Waals surface area contributed by atoms with Gasteiger partial charge in [0.15, 0.2) is 0 Å². The van der Waals surface area contributed by atoms with Gasteiger partial charge in [0.05, 0.1) is 0 Å². The number of rotatable bonds is 2. The van der Waals surface area contributed by atoms with Gasteiger partial charge < -0.3 is 5.11 Å². The predicted molar refractivity (Wildman–Crippen MR) is 47.7 cm³/mol. The van der Waals surface area contributed by atoms with Gasteiger partial charge in [-0.3, -0.25) is 9.59 Å². The van der Waals surface area contributed by atoms with Crippen LogP contribution in [0, 0.1) is 5.95 Å². The lowest BCUT2D eigenvalue weighted by Gasteiger charge is -2.36. The molecule has 1 fully saturated rings. The second-order valence-corrected chi connectivity index (χ2v) is 3.65. The Balaban J connectivity index is 2.43. The molecule has 0 aromatic carbocycles. The molecule has 1 heterocycles. The van der Waals surface area contributed by atoms with Crippen molar-refractivity contribution in [3.63, 3.8) is 0 Å². The van der Waals surface area contributed by atoms with Crippen LogP contribution in [0.5, 0.6) is 0 Å². The number of carboxylic acid groups (broad SMARTS) is 1. The van der Waals surface area contributed by atoms with Gasteiger partial charge in [0, 0.05) is 19.0 Å². The van der Waals surface area contributed by atoms with Crippen LogP contribution in [0.1, 0.15) is 18.4 Å². The number of halogens is 1. The van der Waals surface area contributed by atoms with Crippen LogP contribution in [-0.4, -0.2) is 21.8 Å². The van der Waals surface area contributed by atoms with Gasteiger partial charge in [-0.1, -0.05) is 0 Å². The van der Waals surface area contributed by atoms with Crippen molar-refractivity contribution in [1.82, 2.24) is 4.98 Å². The molecule has 1 aliphatic carbocycles. The van der Waals surface area contributed by atoms with E-state index >= 15 is 0 Å². The Morgan fingerprint density at radius 2 is 2.20 bits per heavy atom. The molecule has 5 heteroatoms. The largest absolute Gasteiger partial charge is 0.481 e. The first-order valence-corrected chi connectivity index (χ1v) is 4.42. The average Bonchev–Trinajstić information content (AvgIpc) is 2.12. The van der Waals surface area contributed by atoms with Crippen molar-refractivity contribution in [2.24, 2.45) is 0 Å². The topological polar surface area (TPSA) is 67.3 Å². The van der Waals surface area contributed by atoms with E-state index in [0.29, 0.717) is 5.56 Å². The number of hydrogen-bond donors (Lipinski definition) is 1. The van der Waals surface area contributed by atoms with Crippen molar-refractivity contribution in [2.75, 3.05) is 0 Å². The fourth-order valence-corrected chi connectivity index (χ4v) is 1.80. The number of ketones is 1. The maximum absolute atomic E-state index is 12.8. The van der Waals surface area contributed by atoms with E-state index in [9.17, 15) is 14.0 Å². The quantitative estimate of drug-likeness (QED) is 0.735. The monoisotopic (exact) mass is 209 g/mol. The number of carboxylic acids is 1. The van der Waals surface area contributed by atoms with Crippen molar-refractivity contribution in [3.05, 3.63) is 29.8 Å². The number of carbonyl (C=O) groups excluding carboxylic acids is 1. The fourth-order valence-electron chi connectivity index (χ4n) is 1.80. The summed E-state index contributed by atoms with van der Waals surface area (Å²) < 4.78 is 12.8. The SMILES string of the molecule is O=C1CC(C(=O)O)(c2ccnc(F)c2)C1. The van der Waals surface area contributed by atoms with Crippen LogP contribution in [0.15, 0.2) is 18.3 Å². The van der Waals surface area contributed by atoms with E-state index in [0.717, 1.165) is 6.07 Å². The summed E-state index contributed by atoms with van der Waals surface area (Å²) in [6, 6.07) is 2.50. The molecule has 0 aliphatic heterocycles. The highest BCUT2D eigenvalue weighted by Gasteiger charge is 2.51. The second kappa shape index (κ2) is 3.12. The number of hydrogen-bond acceptors (Lipinski definition) is 3. The van der Waals surface area contributed by atoms with Crippen LogP contribution < -0.4 is 0 Å². The van der Waals surface area contributed by atoms with Gasteiger partial charge in [-0.15, -0.1) is 0 Å². The van der Waals surface area contributed by atoms with E-state index in [-0.39, 0.29) is 18.6 Å². The zero-order valence-electron chi connectivity index (χ0n) is 7.74. The number of carbonyl (C=O) groups is 2. The van der Waals surface area contributed by atoms with Gasteiger partial charge in [0.1, 0.15) is 11.2 Å². The maximum Gasteiger partial charge on any atom is 0.315 e. The summed E-state index contributed by atoms with van der Waals surface area (Å²) in [5.74, 6) is -1.94. The number of aliphatic carboxylic acids is 1. The highest BCUT2D eigenvalue weighted by atomic mass is 19.1. The molecular formula is C10H8FNO3. The van der Waals surface area contributed by atoms with Gasteiger partial charge in [-0.05, 0) is 17.7 Å². The summed E-state index contributed by atoms with van der Waals surface area (Å²) >= 11 is 0. The number of aromatic nitrogens is 1. The molecule has 1 aromatic rings. The molecule has 0 spiro atoms. The number of Topliss-reactive ketones (excluding diaryl/α,β-unsaturated/α-hetero) is 1. The predicted octanol–water partition coefficient (Wildman–Crippen LogP) is 0.906. The molecule has 0 bridgehead atoms. The van der Waals surface area contributed by atoms with Crippen LogP contribution in [0.2, 0.25) is 0 Å². The van der Waals surface area contributed by atoms with Crippen molar-refractivity contribution in [3.8, 4) is 0 Å². The van der Waals surface area contributed by atoms with E-state index < -0.39 is 17.3 Å². The minimum Gasteiger partial charge on any atom is -0.481 e. The van der Waals surface area contributed by atoms with Crippen molar-refractivity contribution in [2.45, 2.75) is 18.3 Å². The van der Waals surface area contributed by atoms with Crippen molar-refractivity contribution < 1.29 is 19.1 Å². The standard InChI is InChI=1S/C10H8FNO3/c11-8-3-6(1-2-12-8)10(9(14)15)4-7(13)5-10/h1-3H,4-5H2,(H,14,15). The maximum atomic E-state index is 12.8. The summed E-state index contributed by atoms with van der Waals surface area (Å²) in [5.41, 5.74) is -0.928. The number of pyridine rings is 1. The Kier molecular flexibility index (Phi) is 2.03. The van der Waals surface area contributed by atoms with Crippen LogP contribution in [0.25, 0.3) is 0 Å². The third-order valence-electron chi connectivity index (χ3n) is 2.69. The Labute approximate surface area is 84.8 Å². The van der Waals surface area contributed by atoms with E-state index in [1.807, 2.05) is 0 Å². The van der Waals surface area contributed by atoms with Gasteiger partial charge >= 0.3 is 5.97 Å². The average molecular weight is 209 g/mol. The number of nitrogens with zero attached hydrogens (tertiary/aromatic N) is 1. The van der Waals surface area contributed by atoms with Crippen LogP contribution in [0.3, 0.4) is 0 Å². The molecule has 1 aromatic heterocycles. The van der Waals surface area contributed by atoms with E-state index in [2.05, 4.69) is 4.98 Å². The van der Waals surface area contributed by atoms with Gasteiger partial charge in [0.25, 0.3) is 0 Å². The minimum atomic E-state index is -1.24. The molecular weight excluding hydrogens is 201 g/mol. The lowest BCUT2D eigenvalue weighted by atomic mass is 9.64. The molecule has 4 nitrogen and oxygen atoms in total. The fraction of sp³-hybridized carbons (Fsp3) is 0.300. The Hall–Kier alpha value is -1.78. The molecule has 1 N–H and O–H groups in total. The molecule has 2 rings (SSSR count). The molecule has 78 valence electrons. The molecule has 1 saturated carbocycles. The third kappa shape index (κ3) is 1.40. The molecule has 15 heavy (non-hydrogen) atoms. The Bertz CT molecular complexity index is 436. The summed E-state index contributed by atoms with van der Waals surface area (Å²) in [6.45, 7) is 0. The lowest BCUT2D eigenvalue weighted by Crippen LogP contribution is -2.48. The summed E-state index contributed by atoms with van der Waals surface area (Å²) in [7, 11) is 0. The zero-order chi connectivity index (χ0) is 11.1. The highest BCUT2D eigenvalue weighted by Crippen LogP contribution is 2.41. The first-order valence-electron chi connectivity index (χ1n) is 4.42. The normalized spacial score (nSPS) is 18.3. The Morgan fingerprint density at radius 1 is 1.53 bits per heavy atom. The lowest BCUT2D eigenvalue weighted by molar-refractivity contribution is -0.153. The third-order valence-corrected chi connectivity index (χ3v) is 2.69.